The molecule has 5 heteroatoms. The molecule has 2 aliphatic heterocycles. The molecule has 214 valence electrons. The maximum Gasteiger partial charge on any atom is 0.129 e. The molecule has 3 aromatic heterocycles. The first-order chi connectivity index (χ1) is 20.6. The molecule has 0 aliphatic carbocycles. The fourth-order valence-corrected chi connectivity index (χ4v) is 6.57. The Morgan fingerprint density at radius 1 is 0.674 bits per heavy atom. The van der Waals surface area contributed by atoms with Crippen LogP contribution in [0.3, 0.4) is 0 Å². The number of hydrogen-bond donors (Lipinski definition) is 3. The predicted octanol–water partition coefficient (Wildman–Crippen LogP) is 7.55. The Morgan fingerprint density at radius 3 is 1.98 bits per heavy atom. The van der Waals surface area contributed by atoms with Gasteiger partial charge in [-0.2, -0.15) is 0 Å². The molecule has 2 aliphatic rings. The molecular formula is C38H36N4O. The lowest BCUT2D eigenvalue weighted by Gasteiger charge is -2.17. The van der Waals surface area contributed by atoms with Crippen LogP contribution in [0.25, 0.3) is 56.2 Å². The molecule has 0 atom stereocenters. The van der Waals surface area contributed by atoms with Gasteiger partial charge in [0.2, 0.25) is 0 Å². The molecule has 0 radical (unpaired) electrons. The van der Waals surface area contributed by atoms with Crippen molar-refractivity contribution in [1.29, 1.82) is 0 Å². The number of aliphatic hydroxyl groups is 1. The predicted molar refractivity (Wildman–Crippen MR) is 177 cm³/mol. The topological polar surface area (TPSA) is 77.6 Å². The van der Waals surface area contributed by atoms with Crippen molar-refractivity contribution in [2.24, 2.45) is 0 Å². The summed E-state index contributed by atoms with van der Waals surface area (Å²) in [4.78, 5) is 17.6. The summed E-state index contributed by atoms with van der Waals surface area (Å²) < 4.78 is 0. The van der Waals surface area contributed by atoms with Crippen LogP contribution in [-0.4, -0.2) is 25.0 Å². The van der Waals surface area contributed by atoms with Crippen LogP contribution in [0.15, 0.2) is 72.8 Å². The summed E-state index contributed by atoms with van der Waals surface area (Å²) in [5, 5.41) is 12.8. The van der Waals surface area contributed by atoms with E-state index in [0.717, 1.165) is 61.9 Å². The van der Waals surface area contributed by atoms with E-state index in [1.807, 2.05) is 26.0 Å². The number of nitrogens with one attached hydrogen (secondary N) is 2. The number of nitrogens with zero attached hydrogens (tertiary/aromatic N) is 2. The molecule has 3 N–H and O–H groups in total. The van der Waals surface area contributed by atoms with Crippen LogP contribution >= 0.6 is 0 Å². The van der Waals surface area contributed by atoms with Crippen LogP contribution in [0.4, 0.5) is 0 Å². The summed E-state index contributed by atoms with van der Waals surface area (Å²) in [7, 11) is 0. The van der Waals surface area contributed by atoms with Crippen molar-refractivity contribution in [3.8, 4) is 22.3 Å². The van der Waals surface area contributed by atoms with Crippen molar-refractivity contribution in [2.45, 2.75) is 53.4 Å². The highest BCUT2D eigenvalue weighted by atomic mass is 16.3. The van der Waals surface area contributed by atoms with Crippen LogP contribution in [0.2, 0.25) is 0 Å². The Labute approximate surface area is 251 Å². The minimum Gasteiger partial charge on any atom is -0.509 e. The number of aryl methyl sites for hydroxylation is 4. The molecule has 8 bridgehead atoms. The van der Waals surface area contributed by atoms with Crippen LogP contribution in [0.1, 0.15) is 47.5 Å². The first-order valence-electron chi connectivity index (χ1n) is 14.9. The van der Waals surface area contributed by atoms with E-state index in [1.165, 1.54) is 27.8 Å². The normalized spacial score (nSPS) is 14.1. The number of aliphatic hydroxyl groups excluding tert-OH is 1. The van der Waals surface area contributed by atoms with Gasteiger partial charge in [-0.05, 0) is 100 Å². The summed E-state index contributed by atoms with van der Waals surface area (Å²) in [5.41, 5.74) is 14.4. The van der Waals surface area contributed by atoms with Gasteiger partial charge in [-0.1, -0.05) is 53.6 Å². The smallest absolute Gasteiger partial charge is 0.129 e. The minimum absolute atomic E-state index is 0.264. The van der Waals surface area contributed by atoms with Crippen LogP contribution in [0, 0.1) is 27.7 Å². The third-order valence-corrected chi connectivity index (χ3v) is 8.81. The van der Waals surface area contributed by atoms with E-state index in [0.29, 0.717) is 5.35 Å². The van der Waals surface area contributed by atoms with Gasteiger partial charge in [-0.3, -0.25) is 4.98 Å². The summed E-state index contributed by atoms with van der Waals surface area (Å²) in [5.74, 6) is 0.264. The molecule has 5 aromatic rings. The third kappa shape index (κ3) is 4.56. The van der Waals surface area contributed by atoms with E-state index >= 15 is 0 Å². The van der Waals surface area contributed by atoms with Gasteiger partial charge in [-0.15, -0.1) is 0 Å². The second kappa shape index (κ2) is 9.84. The zero-order valence-corrected chi connectivity index (χ0v) is 25.6. The van der Waals surface area contributed by atoms with Crippen molar-refractivity contribution >= 4 is 33.9 Å². The molecule has 43 heavy (non-hydrogen) atoms. The van der Waals surface area contributed by atoms with Gasteiger partial charge < -0.3 is 15.1 Å². The van der Waals surface area contributed by atoms with Gasteiger partial charge in [0.05, 0.1) is 22.2 Å². The van der Waals surface area contributed by atoms with E-state index in [9.17, 15) is 5.11 Å². The molecular weight excluding hydrogens is 528 g/mol. The Hall–Kier alpha value is -4.90. The lowest BCUT2D eigenvalue weighted by molar-refractivity contribution is 0.422. The molecule has 0 unspecified atom stereocenters. The molecule has 5 nitrogen and oxygen atoms in total. The monoisotopic (exact) mass is 564 g/mol. The van der Waals surface area contributed by atoms with Crippen molar-refractivity contribution in [2.75, 3.05) is 0 Å². The van der Waals surface area contributed by atoms with Gasteiger partial charge >= 0.3 is 0 Å². The van der Waals surface area contributed by atoms with Gasteiger partial charge in [-0.25, -0.2) is 4.98 Å². The fourth-order valence-electron chi connectivity index (χ4n) is 6.57. The molecule has 0 saturated heterocycles. The molecule has 0 saturated carbocycles. The standard InChI is InChI=1S/C38H36N4O/c1-21-7-9-25(10-8-21)35-28-13-12-27(40-28)20-33-38(5,6)37(43)32(42-33)19-26-11-14-30(39-26)36(31-16-15-29(35)41-31)34-23(3)17-22(2)18-24(34)4/h7-14,16-20,39-40,43H,15H2,1-6H3. The summed E-state index contributed by atoms with van der Waals surface area (Å²) in [6.45, 7) is 12.6. The second-order valence-corrected chi connectivity index (χ2v) is 12.5. The van der Waals surface area contributed by atoms with Gasteiger partial charge in [0.1, 0.15) is 11.1 Å². The van der Waals surface area contributed by atoms with E-state index in [2.05, 4.69) is 104 Å². The van der Waals surface area contributed by atoms with Crippen molar-refractivity contribution in [1.82, 2.24) is 19.9 Å². The summed E-state index contributed by atoms with van der Waals surface area (Å²) in [6, 6.07) is 25.5. The van der Waals surface area contributed by atoms with Gasteiger partial charge in [0.25, 0.3) is 0 Å². The highest BCUT2D eigenvalue weighted by molar-refractivity contribution is 5.88. The van der Waals surface area contributed by atoms with E-state index < -0.39 is 5.41 Å². The maximum atomic E-state index is 11.3. The number of rotatable bonds is 2. The first kappa shape index (κ1) is 27.0. The van der Waals surface area contributed by atoms with Crippen molar-refractivity contribution in [3.05, 3.63) is 117 Å². The Kier molecular flexibility index (Phi) is 6.17. The lowest BCUT2D eigenvalue weighted by atomic mass is 9.88. The molecule has 0 spiro atoms. The SMILES string of the molecule is Cc1ccc(-c2c3nc(c(-c4c(C)cc(C)cc4C)c4ccc(cc5nc(cc6ccc2[nH]6)C(C)(C)C=5O)[nH]4)=CC3)cc1. The number of hydrogen-bond acceptors (Lipinski definition) is 3. The molecule has 0 fully saturated rings. The number of aromatic amines is 2. The van der Waals surface area contributed by atoms with Gasteiger partial charge in [0.15, 0.2) is 0 Å². The molecule has 5 heterocycles. The number of H-pyrrole nitrogens is 2. The van der Waals surface area contributed by atoms with E-state index in [4.69, 9.17) is 9.97 Å². The molecule has 7 rings (SSSR count). The first-order valence-corrected chi connectivity index (χ1v) is 14.9. The summed E-state index contributed by atoms with van der Waals surface area (Å²) >= 11 is 0. The highest BCUT2D eigenvalue weighted by Gasteiger charge is 2.32. The molecule has 2 aromatic carbocycles. The largest absolute Gasteiger partial charge is 0.509 e. The number of benzene rings is 2. The highest BCUT2D eigenvalue weighted by Crippen LogP contribution is 2.33. The Bertz CT molecular complexity index is 2210. The van der Waals surface area contributed by atoms with Crippen LogP contribution in [0.5, 0.6) is 0 Å². The minimum atomic E-state index is -0.620. The quantitative estimate of drug-likeness (QED) is 0.207. The summed E-state index contributed by atoms with van der Waals surface area (Å²) in [6.07, 6.45) is 2.98. The fraction of sp³-hybridized carbons (Fsp3) is 0.211. The molecule has 0 amide bonds. The number of aromatic nitrogens is 4. The lowest BCUT2D eigenvalue weighted by Crippen LogP contribution is -2.17. The zero-order chi connectivity index (χ0) is 30.0. The Balaban J connectivity index is 1.68. The third-order valence-electron chi connectivity index (χ3n) is 8.81. The second-order valence-electron chi connectivity index (χ2n) is 12.5. The Morgan fingerprint density at radius 2 is 1.30 bits per heavy atom. The average molecular weight is 565 g/mol. The maximum absolute atomic E-state index is 11.3. The number of fused-ring (bicyclic) bond motifs is 8. The van der Waals surface area contributed by atoms with Crippen LogP contribution < -0.4 is 10.7 Å². The average Bonchev–Trinajstić information content (AvgIpc) is 3.75. The van der Waals surface area contributed by atoms with E-state index in [1.54, 1.807) is 0 Å². The van der Waals surface area contributed by atoms with Crippen molar-refractivity contribution in [3.63, 3.8) is 0 Å². The van der Waals surface area contributed by atoms with E-state index in [-0.39, 0.29) is 5.76 Å². The van der Waals surface area contributed by atoms with Crippen LogP contribution in [-0.2, 0) is 11.8 Å². The van der Waals surface area contributed by atoms with Gasteiger partial charge in [0, 0.05) is 39.6 Å². The van der Waals surface area contributed by atoms with Crippen molar-refractivity contribution < 1.29 is 5.11 Å². The zero-order valence-electron chi connectivity index (χ0n) is 25.6.